The molecule has 35 heavy (non-hydrogen) atoms. The summed E-state index contributed by atoms with van der Waals surface area (Å²) in [6, 6.07) is 5.55. The average molecular weight is 515 g/mol. The summed E-state index contributed by atoms with van der Waals surface area (Å²) in [6.07, 6.45) is -0.206. The summed E-state index contributed by atoms with van der Waals surface area (Å²) < 4.78 is 53.0. The number of likely N-dealkylation sites (tertiary alicyclic amines) is 1. The lowest BCUT2D eigenvalue weighted by Gasteiger charge is -2.47. The third kappa shape index (κ3) is 5.14. The molecule has 0 aromatic heterocycles. The minimum atomic E-state index is -4.09. The number of benzene rings is 1. The van der Waals surface area contributed by atoms with Crippen LogP contribution in [0.15, 0.2) is 24.3 Å². The Balaban J connectivity index is 1.44. The van der Waals surface area contributed by atoms with Gasteiger partial charge in [-0.1, -0.05) is 12.1 Å². The van der Waals surface area contributed by atoms with Crippen molar-refractivity contribution in [2.45, 2.75) is 31.0 Å². The molecule has 2 bridgehead atoms. The minimum absolute atomic E-state index is 0.0286. The summed E-state index contributed by atoms with van der Waals surface area (Å²) >= 11 is 0. The number of fused-ring (bicyclic) bond motifs is 2. The highest BCUT2D eigenvalue weighted by Gasteiger charge is 2.63. The predicted octanol–water partition coefficient (Wildman–Crippen LogP) is 0.575. The fourth-order valence-corrected chi connectivity index (χ4v) is 7.23. The van der Waals surface area contributed by atoms with Crippen LogP contribution in [0.3, 0.4) is 0 Å². The highest BCUT2D eigenvalue weighted by Crippen LogP contribution is 2.42. The van der Waals surface area contributed by atoms with E-state index in [4.69, 9.17) is 9.47 Å². The maximum Gasteiger partial charge on any atom is 0.409 e. The number of carbonyl (C=O) groups is 2. The van der Waals surface area contributed by atoms with Crippen LogP contribution in [0.4, 0.5) is 9.18 Å². The smallest absolute Gasteiger partial charge is 0.409 e. The molecule has 1 N–H and O–H groups in total. The van der Waals surface area contributed by atoms with Crippen LogP contribution in [0.2, 0.25) is 0 Å². The van der Waals surface area contributed by atoms with Gasteiger partial charge >= 0.3 is 12.1 Å². The van der Waals surface area contributed by atoms with Crippen LogP contribution in [-0.2, 0) is 31.0 Å². The Morgan fingerprint density at radius 1 is 1.14 bits per heavy atom. The molecule has 2 atom stereocenters. The van der Waals surface area contributed by atoms with Crippen LogP contribution in [0.5, 0.6) is 0 Å². The maximum absolute atomic E-state index is 13.7. The summed E-state index contributed by atoms with van der Waals surface area (Å²) in [4.78, 5) is 28.3. The average Bonchev–Trinajstić information content (AvgIpc) is 3.09. The van der Waals surface area contributed by atoms with Crippen LogP contribution in [0.25, 0.3) is 0 Å². The van der Waals surface area contributed by atoms with Crippen molar-refractivity contribution in [2.24, 2.45) is 0 Å². The molecule has 3 fully saturated rings. The van der Waals surface area contributed by atoms with Crippen LogP contribution in [0, 0.1) is 5.82 Å². The first-order chi connectivity index (χ1) is 16.7. The van der Waals surface area contributed by atoms with E-state index < -0.39 is 33.9 Å². The second-order valence-corrected chi connectivity index (χ2v) is 10.9. The summed E-state index contributed by atoms with van der Waals surface area (Å²) in [5.41, 5.74) is -0.799. The third-order valence-electron chi connectivity index (χ3n) is 6.92. The van der Waals surface area contributed by atoms with Gasteiger partial charge in [0.25, 0.3) is 10.2 Å². The largest absolute Gasteiger partial charge is 0.480 e. The summed E-state index contributed by atoms with van der Waals surface area (Å²) in [6.45, 7) is 1.97. The SMILES string of the molecule is COCCOC(=O)N1CC2CCC(C(=O)O)(C1)N2S(=O)(=O)N1CCN(Cc2ccc(F)cc2)CC1. The number of ether oxygens (including phenoxy) is 2. The van der Waals surface area contributed by atoms with Gasteiger partial charge in [0.2, 0.25) is 0 Å². The third-order valence-corrected chi connectivity index (χ3v) is 9.09. The Morgan fingerprint density at radius 3 is 2.46 bits per heavy atom. The van der Waals surface area contributed by atoms with E-state index in [1.807, 2.05) is 0 Å². The number of halogens is 1. The molecule has 13 heteroatoms. The van der Waals surface area contributed by atoms with Crippen molar-refractivity contribution in [1.29, 1.82) is 0 Å². The van der Waals surface area contributed by atoms with Crippen molar-refractivity contribution >= 4 is 22.3 Å². The summed E-state index contributed by atoms with van der Waals surface area (Å²) in [5, 5.41) is 10.1. The molecule has 2 unspecified atom stereocenters. The number of aliphatic carboxylic acids is 1. The van der Waals surface area contributed by atoms with Crippen molar-refractivity contribution in [1.82, 2.24) is 18.4 Å². The fraction of sp³-hybridized carbons (Fsp3) is 0.636. The molecule has 194 valence electrons. The van der Waals surface area contributed by atoms with Gasteiger partial charge in [0.15, 0.2) is 5.54 Å². The zero-order valence-corrected chi connectivity index (χ0v) is 20.5. The molecule has 3 heterocycles. The minimum Gasteiger partial charge on any atom is -0.480 e. The number of carboxylic acids is 1. The molecule has 11 nitrogen and oxygen atoms in total. The molecule has 1 aromatic rings. The standard InChI is InChI=1S/C22H31FN4O7S/c1-33-12-13-34-21(30)25-15-19-6-7-22(16-25,20(28)29)27(19)35(31,32)26-10-8-24(9-11-26)14-17-2-4-18(23)5-3-17/h2-5,19H,6-16H2,1H3,(H,28,29). The normalized spacial score (nSPS) is 26.1. The first kappa shape index (κ1) is 25.8. The van der Waals surface area contributed by atoms with E-state index in [-0.39, 0.29) is 51.6 Å². The van der Waals surface area contributed by atoms with Gasteiger partial charge in [0, 0.05) is 52.4 Å². The first-order valence-corrected chi connectivity index (χ1v) is 13.0. The second kappa shape index (κ2) is 10.3. The van der Waals surface area contributed by atoms with E-state index in [0.717, 1.165) is 9.87 Å². The molecule has 1 amide bonds. The number of rotatable bonds is 8. The lowest BCUT2D eigenvalue weighted by Crippen LogP contribution is -2.69. The Bertz CT molecular complexity index is 1030. The molecule has 0 spiro atoms. The molecular formula is C22H31FN4O7S. The first-order valence-electron chi connectivity index (χ1n) is 11.6. The number of hydrogen-bond donors (Lipinski definition) is 1. The zero-order valence-electron chi connectivity index (χ0n) is 19.6. The van der Waals surface area contributed by atoms with Crippen LogP contribution >= 0.6 is 0 Å². The number of methoxy groups -OCH3 is 1. The Labute approximate surface area is 204 Å². The van der Waals surface area contributed by atoms with Crippen molar-refractivity contribution in [3.8, 4) is 0 Å². The quantitative estimate of drug-likeness (QED) is 0.500. The monoisotopic (exact) mass is 514 g/mol. The van der Waals surface area contributed by atoms with Gasteiger partial charge in [-0.2, -0.15) is 17.0 Å². The van der Waals surface area contributed by atoms with Gasteiger partial charge in [-0.3, -0.25) is 9.69 Å². The van der Waals surface area contributed by atoms with E-state index >= 15 is 0 Å². The molecule has 3 aliphatic rings. The van der Waals surface area contributed by atoms with Crippen LogP contribution in [-0.4, -0.2) is 115 Å². The van der Waals surface area contributed by atoms with Crippen molar-refractivity contribution in [2.75, 3.05) is 59.6 Å². The Kier molecular flexibility index (Phi) is 7.62. The lowest BCUT2D eigenvalue weighted by atomic mass is 9.97. The van der Waals surface area contributed by atoms with Gasteiger partial charge in [-0.05, 0) is 30.5 Å². The maximum atomic E-state index is 13.7. The van der Waals surface area contributed by atoms with Gasteiger partial charge in [0.1, 0.15) is 12.4 Å². The lowest BCUT2D eigenvalue weighted by molar-refractivity contribution is -0.150. The highest BCUT2D eigenvalue weighted by molar-refractivity contribution is 7.86. The Hall–Kier alpha value is -2.32. The van der Waals surface area contributed by atoms with Crippen molar-refractivity contribution in [3.05, 3.63) is 35.6 Å². The summed E-state index contributed by atoms with van der Waals surface area (Å²) in [7, 11) is -2.61. The van der Waals surface area contributed by atoms with Crippen molar-refractivity contribution < 1.29 is 37.0 Å². The number of carboxylic acid groups (broad SMARTS) is 1. The molecule has 0 radical (unpaired) electrons. The van der Waals surface area contributed by atoms with Gasteiger partial charge in [-0.25, -0.2) is 9.18 Å². The highest BCUT2D eigenvalue weighted by atomic mass is 32.2. The predicted molar refractivity (Wildman–Crippen MR) is 122 cm³/mol. The van der Waals surface area contributed by atoms with Crippen LogP contribution < -0.4 is 0 Å². The van der Waals surface area contributed by atoms with Gasteiger partial charge in [-0.15, -0.1) is 0 Å². The van der Waals surface area contributed by atoms with Crippen LogP contribution in [0.1, 0.15) is 18.4 Å². The zero-order chi connectivity index (χ0) is 25.2. The second-order valence-electron chi connectivity index (χ2n) is 9.12. The molecule has 3 aliphatic heterocycles. The Morgan fingerprint density at radius 2 is 1.83 bits per heavy atom. The van der Waals surface area contributed by atoms with Gasteiger partial charge in [0.05, 0.1) is 13.2 Å². The molecule has 4 rings (SSSR count). The van der Waals surface area contributed by atoms with Gasteiger partial charge < -0.3 is 19.5 Å². The van der Waals surface area contributed by atoms with E-state index in [1.54, 1.807) is 12.1 Å². The van der Waals surface area contributed by atoms with E-state index in [2.05, 4.69) is 4.90 Å². The molecule has 1 aromatic carbocycles. The van der Waals surface area contributed by atoms with E-state index in [9.17, 15) is 27.5 Å². The molecule has 0 aliphatic carbocycles. The number of carbonyl (C=O) groups excluding carboxylic acids is 1. The number of nitrogens with zero attached hydrogens (tertiary/aromatic N) is 4. The molecule has 0 saturated carbocycles. The number of piperazine rings is 2. The number of hydrogen-bond acceptors (Lipinski definition) is 7. The topological polar surface area (TPSA) is 120 Å². The number of amides is 1. The van der Waals surface area contributed by atoms with E-state index in [0.29, 0.717) is 26.1 Å². The summed E-state index contributed by atoms with van der Waals surface area (Å²) in [5.74, 6) is -1.58. The molecular weight excluding hydrogens is 483 g/mol. The molecule has 3 saturated heterocycles. The fourth-order valence-electron chi connectivity index (χ4n) is 5.14. The van der Waals surface area contributed by atoms with E-state index in [1.165, 1.54) is 28.4 Å². The van der Waals surface area contributed by atoms with Crippen molar-refractivity contribution in [3.63, 3.8) is 0 Å².